The van der Waals surface area contributed by atoms with Gasteiger partial charge in [-0.25, -0.2) is 4.79 Å². The molecule has 138 valence electrons. The molecule has 2 aromatic carbocycles. The average Bonchev–Trinajstić information content (AvgIpc) is 2.59. The van der Waals surface area contributed by atoms with Crippen LogP contribution in [0.5, 0.6) is 11.5 Å². The van der Waals surface area contributed by atoms with E-state index in [0.717, 1.165) is 16.7 Å². The van der Waals surface area contributed by atoms with Crippen molar-refractivity contribution in [3.63, 3.8) is 0 Å². The summed E-state index contributed by atoms with van der Waals surface area (Å²) in [4.78, 5) is 24.6. The Morgan fingerprint density at radius 3 is 2.35 bits per heavy atom. The molecule has 6 heteroatoms. The van der Waals surface area contributed by atoms with Gasteiger partial charge < -0.3 is 14.6 Å². The lowest BCUT2D eigenvalue weighted by atomic mass is 9.98. The van der Waals surface area contributed by atoms with E-state index in [1.54, 1.807) is 13.0 Å². The molecule has 0 fully saturated rings. The van der Waals surface area contributed by atoms with Crippen LogP contribution >= 0.6 is 11.6 Å². The average molecular weight is 377 g/mol. The Bertz CT molecular complexity index is 858. The Kier molecular flexibility index (Phi) is 6.27. The number of esters is 1. The summed E-state index contributed by atoms with van der Waals surface area (Å²) < 4.78 is 10.3. The molecule has 0 aliphatic rings. The lowest BCUT2D eigenvalue weighted by Crippen LogP contribution is -2.15. The second-order valence-corrected chi connectivity index (χ2v) is 6.40. The van der Waals surface area contributed by atoms with Gasteiger partial charge in [0, 0.05) is 5.56 Å². The minimum Gasteiger partial charge on any atom is -0.503 e. The summed E-state index contributed by atoms with van der Waals surface area (Å²) in [5.74, 6) is -1.16. The molecular formula is C20H21ClO5. The van der Waals surface area contributed by atoms with Crippen LogP contribution in [0.1, 0.15) is 44.3 Å². The highest BCUT2D eigenvalue weighted by Gasteiger charge is 2.18. The number of halogens is 1. The molecule has 0 aliphatic heterocycles. The first-order valence-corrected chi connectivity index (χ1v) is 8.55. The van der Waals surface area contributed by atoms with E-state index < -0.39 is 5.97 Å². The molecule has 0 saturated carbocycles. The number of hydrogen-bond donors (Lipinski definition) is 1. The molecule has 0 aliphatic carbocycles. The first kappa shape index (κ1) is 19.8. The smallest absolute Gasteiger partial charge is 0.338 e. The first-order valence-electron chi connectivity index (χ1n) is 8.18. The standard InChI is InChI=1S/C20H21ClO5/c1-5-25-18-9-14(8-16(21)19(18)23)20(24)26-10-17(22)15-7-12(3)11(2)6-13(15)4/h6-9,23H,5,10H2,1-4H3. The van der Waals surface area contributed by atoms with E-state index in [1.807, 2.05) is 26.8 Å². The van der Waals surface area contributed by atoms with Crippen molar-refractivity contribution in [1.82, 2.24) is 0 Å². The third kappa shape index (κ3) is 4.35. The van der Waals surface area contributed by atoms with E-state index in [1.165, 1.54) is 12.1 Å². The van der Waals surface area contributed by atoms with Gasteiger partial charge in [0.05, 0.1) is 17.2 Å². The van der Waals surface area contributed by atoms with Crippen molar-refractivity contribution in [2.24, 2.45) is 0 Å². The molecule has 5 nitrogen and oxygen atoms in total. The van der Waals surface area contributed by atoms with Crippen LogP contribution in [0.15, 0.2) is 24.3 Å². The monoisotopic (exact) mass is 376 g/mol. The topological polar surface area (TPSA) is 72.8 Å². The molecule has 0 bridgehead atoms. The Morgan fingerprint density at radius 1 is 1.04 bits per heavy atom. The van der Waals surface area contributed by atoms with E-state index in [4.69, 9.17) is 21.1 Å². The van der Waals surface area contributed by atoms with Gasteiger partial charge in [0.1, 0.15) is 0 Å². The van der Waals surface area contributed by atoms with Gasteiger partial charge in [0.25, 0.3) is 0 Å². The number of Topliss-reactive ketones (excluding diaryl/α,β-unsaturated/α-hetero) is 1. The van der Waals surface area contributed by atoms with E-state index in [2.05, 4.69) is 0 Å². The number of ketones is 1. The van der Waals surface area contributed by atoms with Crippen LogP contribution in [0.2, 0.25) is 5.02 Å². The molecule has 0 heterocycles. The summed E-state index contributed by atoms with van der Waals surface area (Å²) in [6.07, 6.45) is 0. The number of ether oxygens (including phenoxy) is 2. The summed E-state index contributed by atoms with van der Waals surface area (Å²) >= 11 is 5.91. The quantitative estimate of drug-likeness (QED) is 0.597. The van der Waals surface area contributed by atoms with Crippen molar-refractivity contribution in [1.29, 1.82) is 0 Å². The highest BCUT2D eigenvalue weighted by molar-refractivity contribution is 6.32. The molecule has 0 atom stereocenters. The van der Waals surface area contributed by atoms with Crippen LogP contribution in [0.4, 0.5) is 0 Å². The Balaban J connectivity index is 2.14. The summed E-state index contributed by atoms with van der Waals surface area (Å²) in [5.41, 5.74) is 3.55. The molecule has 1 N–H and O–H groups in total. The van der Waals surface area contributed by atoms with Crippen LogP contribution in [-0.4, -0.2) is 30.1 Å². The summed E-state index contributed by atoms with van der Waals surface area (Å²) in [7, 11) is 0. The van der Waals surface area contributed by atoms with Gasteiger partial charge in [-0.1, -0.05) is 17.7 Å². The van der Waals surface area contributed by atoms with E-state index >= 15 is 0 Å². The van der Waals surface area contributed by atoms with Crippen LogP contribution in [0, 0.1) is 20.8 Å². The maximum absolute atomic E-state index is 12.4. The normalized spacial score (nSPS) is 10.5. The molecule has 0 amide bonds. The van der Waals surface area contributed by atoms with E-state index in [9.17, 15) is 14.7 Å². The number of aromatic hydroxyl groups is 1. The number of aryl methyl sites for hydroxylation is 3. The number of hydrogen-bond acceptors (Lipinski definition) is 5. The van der Waals surface area contributed by atoms with Crippen molar-refractivity contribution in [3.05, 3.63) is 57.1 Å². The van der Waals surface area contributed by atoms with Gasteiger partial charge >= 0.3 is 5.97 Å². The van der Waals surface area contributed by atoms with Crippen molar-refractivity contribution in [3.8, 4) is 11.5 Å². The maximum atomic E-state index is 12.4. The number of carbonyl (C=O) groups excluding carboxylic acids is 2. The van der Waals surface area contributed by atoms with Crippen LogP contribution in [0.3, 0.4) is 0 Å². The number of rotatable bonds is 6. The number of benzene rings is 2. The molecule has 0 saturated heterocycles. The lowest BCUT2D eigenvalue weighted by molar-refractivity contribution is 0.0474. The van der Waals surface area contributed by atoms with Crippen molar-refractivity contribution in [2.75, 3.05) is 13.2 Å². The minimum atomic E-state index is -0.720. The number of carbonyl (C=O) groups is 2. The Labute approximate surface area is 157 Å². The Hall–Kier alpha value is -2.53. The van der Waals surface area contributed by atoms with Crippen LogP contribution in [0.25, 0.3) is 0 Å². The van der Waals surface area contributed by atoms with Crippen molar-refractivity contribution in [2.45, 2.75) is 27.7 Å². The second kappa shape index (κ2) is 8.23. The maximum Gasteiger partial charge on any atom is 0.338 e. The van der Waals surface area contributed by atoms with Crippen molar-refractivity contribution >= 4 is 23.4 Å². The fraction of sp³-hybridized carbons (Fsp3) is 0.300. The van der Waals surface area contributed by atoms with Gasteiger partial charge in [-0.3, -0.25) is 4.79 Å². The van der Waals surface area contributed by atoms with Gasteiger partial charge in [0.2, 0.25) is 5.78 Å². The number of phenolic OH excluding ortho intramolecular Hbond substituents is 1. The lowest BCUT2D eigenvalue weighted by Gasteiger charge is -2.11. The van der Waals surface area contributed by atoms with E-state index in [-0.39, 0.29) is 34.5 Å². The largest absolute Gasteiger partial charge is 0.503 e. The zero-order chi connectivity index (χ0) is 19.4. The zero-order valence-electron chi connectivity index (χ0n) is 15.2. The molecule has 0 aromatic heterocycles. The summed E-state index contributed by atoms with van der Waals surface area (Å²) in [6.45, 7) is 7.39. The Morgan fingerprint density at radius 2 is 1.69 bits per heavy atom. The molecular weight excluding hydrogens is 356 g/mol. The molecule has 0 spiro atoms. The van der Waals surface area contributed by atoms with Crippen LogP contribution < -0.4 is 4.74 Å². The number of phenols is 1. The fourth-order valence-corrected chi connectivity index (χ4v) is 2.72. The van der Waals surface area contributed by atoms with Gasteiger partial charge in [-0.2, -0.15) is 0 Å². The molecule has 0 radical (unpaired) electrons. The summed E-state index contributed by atoms with van der Waals surface area (Å²) in [6, 6.07) is 6.33. The molecule has 0 unspecified atom stereocenters. The first-order chi connectivity index (χ1) is 12.2. The highest BCUT2D eigenvalue weighted by Crippen LogP contribution is 2.35. The minimum absolute atomic E-state index is 0.0285. The predicted octanol–water partition coefficient (Wildman–Crippen LogP) is 4.41. The third-order valence-corrected chi connectivity index (χ3v) is 4.33. The van der Waals surface area contributed by atoms with Crippen molar-refractivity contribution < 1.29 is 24.2 Å². The fourth-order valence-electron chi connectivity index (χ4n) is 2.51. The highest BCUT2D eigenvalue weighted by atomic mass is 35.5. The van der Waals surface area contributed by atoms with Gasteiger partial charge in [0.15, 0.2) is 18.1 Å². The third-order valence-electron chi connectivity index (χ3n) is 4.04. The molecule has 26 heavy (non-hydrogen) atoms. The zero-order valence-corrected chi connectivity index (χ0v) is 15.9. The van der Waals surface area contributed by atoms with Gasteiger partial charge in [-0.05, 0) is 62.6 Å². The molecule has 2 rings (SSSR count). The predicted molar refractivity (Wildman–Crippen MR) is 99.6 cm³/mol. The SMILES string of the molecule is CCOc1cc(C(=O)OCC(=O)c2cc(C)c(C)cc2C)cc(Cl)c1O. The van der Waals surface area contributed by atoms with Gasteiger partial charge in [-0.15, -0.1) is 0 Å². The van der Waals surface area contributed by atoms with Crippen LogP contribution in [-0.2, 0) is 4.74 Å². The van der Waals surface area contributed by atoms with E-state index in [0.29, 0.717) is 12.2 Å². The molecule has 2 aromatic rings. The summed E-state index contributed by atoms with van der Waals surface area (Å²) in [5, 5.41) is 9.79. The second-order valence-electron chi connectivity index (χ2n) is 5.99.